The standard InChI is InChI=1S/C5H8Cl2O2/c1-8-2-3-9-5(7)4-6/h4H,2-3H2,1H3/b5-4-. The minimum atomic E-state index is 0.189. The zero-order chi connectivity index (χ0) is 7.11. The second-order valence-corrected chi connectivity index (χ2v) is 1.85. The van der Waals surface area contributed by atoms with Crippen LogP contribution in [0.25, 0.3) is 0 Å². The summed E-state index contributed by atoms with van der Waals surface area (Å²) < 4.78 is 9.48. The van der Waals surface area contributed by atoms with Crippen LogP contribution < -0.4 is 0 Å². The van der Waals surface area contributed by atoms with Gasteiger partial charge < -0.3 is 9.47 Å². The Morgan fingerprint density at radius 3 is 2.67 bits per heavy atom. The van der Waals surface area contributed by atoms with Crippen molar-refractivity contribution >= 4 is 23.2 Å². The van der Waals surface area contributed by atoms with Crippen molar-refractivity contribution < 1.29 is 9.47 Å². The normalized spacial score (nSPS) is 11.7. The third kappa shape index (κ3) is 5.96. The van der Waals surface area contributed by atoms with Crippen LogP contribution in [0.5, 0.6) is 0 Å². The van der Waals surface area contributed by atoms with E-state index in [0.29, 0.717) is 13.2 Å². The van der Waals surface area contributed by atoms with E-state index in [-0.39, 0.29) is 5.22 Å². The molecule has 0 aromatic rings. The number of rotatable bonds is 4. The SMILES string of the molecule is COCCO/C(Cl)=C\Cl. The summed E-state index contributed by atoms with van der Waals surface area (Å²) in [5.74, 6) is 0. The summed E-state index contributed by atoms with van der Waals surface area (Å²) in [5.41, 5.74) is 1.16. The molecule has 0 saturated carbocycles. The van der Waals surface area contributed by atoms with E-state index in [1.165, 1.54) is 0 Å². The number of hydrogen-bond donors (Lipinski definition) is 0. The summed E-state index contributed by atoms with van der Waals surface area (Å²) in [6.07, 6.45) is 0. The van der Waals surface area contributed by atoms with Crippen LogP contribution in [-0.4, -0.2) is 20.3 Å². The molecule has 0 saturated heterocycles. The van der Waals surface area contributed by atoms with E-state index in [0.717, 1.165) is 5.54 Å². The number of hydrogen-bond acceptors (Lipinski definition) is 2. The van der Waals surface area contributed by atoms with E-state index in [9.17, 15) is 0 Å². The smallest absolute Gasteiger partial charge is 0.198 e. The largest absolute Gasteiger partial charge is 0.480 e. The van der Waals surface area contributed by atoms with Gasteiger partial charge in [0.2, 0.25) is 0 Å². The van der Waals surface area contributed by atoms with Gasteiger partial charge in [-0.25, -0.2) is 0 Å². The van der Waals surface area contributed by atoms with Crippen LogP contribution in [0.15, 0.2) is 10.8 Å². The van der Waals surface area contributed by atoms with Crippen molar-refractivity contribution in [2.75, 3.05) is 20.3 Å². The highest BCUT2D eigenvalue weighted by Crippen LogP contribution is 2.03. The molecule has 2 nitrogen and oxygen atoms in total. The number of ether oxygens (including phenoxy) is 2. The molecule has 0 aromatic carbocycles. The fourth-order valence-electron chi connectivity index (χ4n) is 0.254. The molecule has 9 heavy (non-hydrogen) atoms. The molecule has 0 spiro atoms. The lowest BCUT2D eigenvalue weighted by Crippen LogP contribution is -1.98. The Hall–Kier alpha value is 0.0800. The van der Waals surface area contributed by atoms with E-state index in [2.05, 4.69) is 4.74 Å². The molecule has 4 heteroatoms. The molecule has 0 atom stereocenters. The van der Waals surface area contributed by atoms with Crippen LogP contribution in [0.4, 0.5) is 0 Å². The molecule has 0 fully saturated rings. The molecule has 0 bridgehead atoms. The summed E-state index contributed by atoms with van der Waals surface area (Å²) in [6, 6.07) is 0. The molecular weight excluding hydrogens is 163 g/mol. The van der Waals surface area contributed by atoms with Crippen molar-refractivity contribution in [1.29, 1.82) is 0 Å². The Balaban J connectivity index is 3.07. The maximum atomic E-state index is 5.35. The van der Waals surface area contributed by atoms with Gasteiger partial charge in [-0.05, 0) is 11.6 Å². The van der Waals surface area contributed by atoms with Gasteiger partial charge in [-0.15, -0.1) is 0 Å². The third-order valence-corrected chi connectivity index (χ3v) is 1.14. The van der Waals surface area contributed by atoms with Gasteiger partial charge in [0.1, 0.15) is 6.61 Å². The Kier molecular flexibility index (Phi) is 6.26. The Labute approximate surface area is 64.3 Å². The highest BCUT2D eigenvalue weighted by molar-refractivity contribution is 6.35. The molecular formula is C5H8Cl2O2. The topological polar surface area (TPSA) is 18.5 Å². The maximum Gasteiger partial charge on any atom is 0.198 e. The van der Waals surface area contributed by atoms with Crippen LogP contribution >= 0.6 is 23.2 Å². The molecule has 0 aromatic heterocycles. The van der Waals surface area contributed by atoms with Crippen LogP contribution in [0.2, 0.25) is 0 Å². The van der Waals surface area contributed by atoms with Crippen molar-refractivity contribution in [2.45, 2.75) is 0 Å². The van der Waals surface area contributed by atoms with Gasteiger partial charge >= 0.3 is 0 Å². The summed E-state index contributed by atoms with van der Waals surface area (Å²) in [5, 5.41) is 0.189. The van der Waals surface area contributed by atoms with Gasteiger partial charge in [-0.3, -0.25) is 0 Å². The highest BCUT2D eigenvalue weighted by Gasteiger charge is 1.88. The fourth-order valence-corrected chi connectivity index (χ4v) is 0.394. The molecule has 0 amide bonds. The van der Waals surface area contributed by atoms with E-state index < -0.39 is 0 Å². The zero-order valence-corrected chi connectivity index (χ0v) is 6.58. The Morgan fingerprint density at radius 1 is 1.56 bits per heavy atom. The Morgan fingerprint density at radius 2 is 2.22 bits per heavy atom. The average molecular weight is 171 g/mol. The van der Waals surface area contributed by atoms with Crippen molar-refractivity contribution in [3.8, 4) is 0 Å². The summed E-state index contributed by atoms with van der Waals surface area (Å²) in [6.45, 7) is 0.944. The minimum absolute atomic E-state index is 0.189. The molecule has 0 aliphatic rings. The van der Waals surface area contributed by atoms with E-state index in [1.807, 2.05) is 0 Å². The quantitative estimate of drug-likeness (QED) is 0.475. The van der Waals surface area contributed by atoms with Crippen molar-refractivity contribution in [3.05, 3.63) is 10.8 Å². The molecule has 0 aliphatic heterocycles. The lowest BCUT2D eigenvalue weighted by molar-refractivity contribution is 0.119. The molecule has 0 unspecified atom stereocenters. The molecule has 0 aliphatic carbocycles. The van der Waals surface area contributed by atoms with Crippen molar-refractivity contribution in [3.63, 3.8) is 0 Å². The zero-order valence-electron chi connectivity index (χ0n) is 5.06. The lowest BCUT2D eigenvalue weighted by atomic mass is 10.8. The molecule has 54 valence electrons. The molecule has 0 radical (unpaired) electrons. The Bertz CT molecular complexity index is 93.0. The average Bonchev–Trinajstić information content (AvgIpc) is 1.89. The van der Waals surface area contributed by atoms with E-state index >= 15 is 0 Å². The monoisotopic (exact) mass is 170 g/mol. The highest BCUT2D eigenvalue weighted by atomic mass is 35.5. The number of halogens is 2. The lowest BCUT2D eigenvalue weighted by Gasteiger charge is -2.00. The van der Waals surface area contributed by atoms with Crippen molar-refractivity contribution in [2.24, 2.45) is 0 Å². The predicted octanol–water partition coefficient (Wildman–Crippen LogP) is 1.93. The predicted molar refractivity (Wildman–Crippen MR) is 37.6 cm³/mol. The van der Waals surface area contributed by atoms with Gasteiger partial charge in [0.15, 0.2) is 5.22 Å². The van der Waals surface area contributed by atoms with Gasteiger partial charge in [-0.2, -0.15) is 0 Å². The first-order valence-electron chi connectivity index (χ1n) is 2.39. The minimum Gasteiger partial charge on any atom is -0.480 e. The second kappa shape index (κ2) is 6.20. The van der Waals surface area contributed by atoms with Crippen LogP contribution in [0, 0.1) is 0 Å². The van der Waals surface area contributed by atoms with Crippen LogP contribution in [0.1, 0.15) is 0 Å². The molecule has 0 N–H and O–H groups in total. The summed E-state index contributed by atoms with van der Waals surface area (Å²) in [7, 11) is 1.58. The van der Waals surface area contributed by atoms with E-state index in [4.69, 9.17) is 27.9 Å². The van der Waals surface area contributed by atoms with Gasteiger partial charge in [-0.1, -0.05) is 11.6 Å². The first-order chi connectivity index (χ1) is 4.31. The second-order valence-electron chi connectivity index (χ2n) is 1.25. The number of methoxy groups -OCH3 is 1. The first kappa shape index (κ1) is 9.08. The van der Waals surface area contributed by atoms with Crippen molar-refractivity contribution in [1.82, 2.24) is 0 Å². The summed E-state index contributed by atoms with van der Waals surface area (Å²) >= 11 is 10.5. The van der Waals surface area contributed by atoms with Crippen LogP contribution in [-0.2, 0) is 9.47 Å². The molecule has 0 heterocycles. The molecule has 0 rings (SSSR count). The third-order valence-electron chi connectivity index (χ3n) is 0.613. The summed E-state index contributed by atoms with van der Waals surface area (Å²) in [4.78, 5) is 0. The van der Waals surface area contributed by atoms with Gasteiger partial charge in [0.25, 0.3) is 0 Å². The first-order valence-corrected chi connectivity index (χ1v) is 3.20. The van der Waals surface area contributed by atoms with Gasteiger partial charge in [0.05, 0.1) is 12.1 Å². The van der Waals surface area contributed by atoms with E-state index in [1.54, 1.807) is 7.11 Å². The maximum absolute atomic E-state index is 5.35. The van der Waals surface area contributed by atoms with Gasteiger partial charge in [0, 0.05) is 7.11 Å². The fraction of sp³-hybridized carbons (Fsp3) is 0.600. The van der Waals surface area contributed by atoms with Crippen LogP contribution in [0.3, 0.4) is 0 Å².